The Morgan fingerprint density at radius 2 is 2.17 bits per heavy atom. The van der Waals surface area contributed by atoms with Crippen molar-refractivity contribution in [3.05, 3.63) is 35.4 Å². The van der Waals surface area contributed by atoms with E-state index in [2.05, 4.69) is 15.5 Å². The molecule has 2 rings (SSSR count). The van der Waals surface area contributed by atoms with E-state index in [-0.39, 0.29) is 5.75 Å². The Labute approximate surface area is 106 Å². The molecule has 96 valence electrons. The molecule has 1 N–H and O–H groups in total. The third-order valence-corrected chi connectivity index (χ3v) is 3.37. The highest BCUT2D eigenvalue weighted by Crippen LogP contribution is 2.23. The van der Waals surface area contributed by atoms with Gasteiger partial charge in [-0.3, -0.25) is 0 Å². The van der Waals surface area contributed by atoms with Gasteiger partial charge in [-0.05, 0) is 28.1 Å². The maximum absolute atomic E-state index is 13.0. The highest BCUT2D eigenvalue weighted by atomic mass is 32.2. The van der Waals surface area contributed by atoms with E-state index in [4.69, 9.17) is 0 Å². The molecular weight excluding hydrogens is 262 g/mol. The fraction of sp³-hybridized carbons (Fsp3) is 0.300. The molecule has 5 nitrogen and oxygen atoms in total. The Hall–Kier alpha value is -1.54. The molecule has 2 aromatic rings. The van der Waals surface area contributed by atoms with Crippen molar-refractivity contribution in [2.75, 3.05) is 5.75 Å². The molecule has 1 unspecified atom stereocenters. The van der Waals surface area contributed by atoms with Crippen molar-refractivity contribution in [2.24, 2.45) is 7.05 Å². The molecule has 0 aliphatic rings. The number of aromatic nitrogens is 4. The predicted octanol–water partition coefficient (Wildman–Crippen LogP) is 1.31. The average molecular weight is 272 g/mol. The molecule has 0 saturated heterocycles. The molecule has 8 heteroatoms. The first-order valence-corrected chi connectivity index (χ1v) is 6.04. The van der Waals surface area contributed by atoms with E-state index in [1.807, 2.05) is 0 Å². The molecule has 0 aliphatic heterocycles. The van der Waals surface area contributed by atoms with Gasteiger partial charge in [0, 0.05) is 12.8 Å². The second-order valence-corrected chi connectivity index (χ2v) is 4.57. The summed E-state index contributed by atoms with van der Waals surface area (Å²) in [4.78, 5) is 0. The molecule has 1 aromatic carbocycles. The van der Waals surface area contributed by atoms with Crippen LogP contribution >= 0.6 is 11.8 Å². The summed E-state index contributed by atoms with van der Waals surface area (Å²) in [5.41, 5.74) is 0.316. The fourth-order valence-corrected chi connectivity index (χ4v) is 2.13. The van der Waals surface area contributed by atoms with Crippen molar-refractivity contribution in [3.8, 4) is 0 Å². The second-order valence-electron chi connectivity index (χ2n) is 3.59. The smallest absolute Gasteiger partial charge is 0.209 e. The third-order valence-electron chi connectivity index (χ3n) is 2.28. The summed E-state index contributed by atoms with van der Waals surface area (Å²) in [5.74, 6) is -1.66. The minimum absolute atomic E-state index is 0.249. The zero-order chi connectivity index (χ0) is 13.1. The summed E-state index contributed by atoms with van der Waals surface area (Å²) < 4.78 is 27.2. The second kappa shape index (κ2) is 5.40. The molecule has 0 radical (unpaired) electrons. The minimum Gasteiger partial charge on any atom is -0.388 e. The van der Waals surface area contributed by atoms with Crippen molar-refractivity contribution in [3.63, 3.8) is 0 Å². The lowest BCUT2D eigenvalue weighted by Crippen LogP contribution is -2.03. The summed E-state index contributed by atoms with van der Waals surface area (Å²) >= 11 is 1.23. The monoisotopic (exact) mass is 272 g/mol. The Morgan fingerprint density at radius 1 is 1.39 bits per heavy atom. The van der Waals surface area contributed by atoms with Crippen LogP contribution in [0.25, 0.3) is 0 Å². The molecule has 18 heavy (non-hydrogen) atoms. The van der Waals surface area contributed by atoms with Gasteiger partial charge < -0.3 is 5.11 Å². The van der Waals surface area contributed by atoms with Gasteiger partial charge in [0.15, 0.2) is 11.6 Å². The quantitative estimate of drug-likeness (QED) is 0.850. The summed E-state index contributed by atoms with van der Waals surface area (Å²) in [5, 5.41) is 21.2. The van der Waals surface area contributed by atoms with E-state index < -0.39 is 17.7 Å². The molecule has 0 amide bonds. The van der Waals surface area contributed by atoms with Crippen molar-refractivity contribution in [1.82, 2.24) is 20.2 Å². The number of tetrazole rings is 1. The Kier molecular flexibility index (Phi) is 3.87. The van der Waals surface area contributed by atoms with Crippen molar-refractivity contribution in [2.45, 2.75) is 11.3 Å². The largest absolute Gasteiger partial charge is 0.388 e. The van der Waals surface area contributed by atoms with E-state index in [1.165, 1.54) is 22.5 Å². The van der Waals surface area contributed by atoms with Crippen LogP contribution in [-0.2, 0) is 7.05 Å². The summed E-state index contributed by atoms with van der Waals surface area (Å²) in [6.07, 6.45) is -0.915. The lowest BCUT2D eigenvalue weighted by molar-refractivity contribution is 0.203. The number of rotatable bonds is 4. The third kappa shape index (κ3) is 2.82. The molecule has 0 fully saturated rings. The number of halogens is 2. The highest BCUT2D eigenvalue weighted by molar-refractivity contribution is 7.99. The van der Waals surface area contributed by atoms with E-state index in [0.29, 0.717) is 10.7 Å². The normalized spacial score (nSPS) is 12.7. The Balaban J connectivity index is 2.01. The van der Waals surface area contributed by atoms with Crippen LogP contribution in [0.2, 0.25) is 0 Å². The zero-order valence-corrected chi connectivity index (χ0v) is 10.2. The molecule has 0 spiro atoms. The molecule has 0 saturated carbocycles. The molecule has 1 aromatic heterocycles. The van der Waals surface area contributed by atoms with Crippen molar-refractivity contribution >= 4 is 11.8 Å². The topological polar surface area (TPSA) is 63.8 Å². The van der Waals surface area contributed by atoms with Crippen molar-refractivity contribution in [1.29, 1.82) is 0 Å². The van der Waals surface area contributed by atoms with E-state index in [0.717, 1.165) is 12.1 Å². The van der Waals surface area contributed by atoms with Gasteiger partial charge in [0.05, 0.1) is 6.10 Å². The van der Waals surface area contributed by atoms with Crippen LogP contribution in [0.4, 0.5) is 8.78 Å². The van der Waals surface area contributed by atoms with E-state index >= 15 is 0 Å². The van der Waals surface area contributed by atoms with Crippen LogP contribution in [-0.4, -0.2) is 31.1 Å². The van der Waals surface area contributed by atoms with E-state index in [1.54, 1.807) is 7.05 Å². The van der Waals surface area contributed by atoms with Crippen LogP contribution in [0, 0.1) is 11.6 Å². The van der Waals surface area contributed by atoms with Gasteiger partial charge >= 0.3 is 0 Å². The zero-order valence-electron chi connectivity index (χ0n) is 9.42. The molecule has 0 aliphatic carbocycles. The van der Waals surface area contributed by atoms with Gasteiger partial charge in [0.25, 0.3) is 0 Å². The number of aliphatic hydroxyl groups excluding tert-OH is 1. The van der Waals surface area contributed by atoms with Crippen molar-refractivity contribution < 1.29 is 13.9 Å². The Bertz CT molecular complexity index is 548. The number of nitrogens with zero attached hydrogens (tertiary/aromatic N) is 4. The first kappa shape index (κ1) is 12.9. The Morgan fingerprint density at radius 3 is 2.78 bits per heavy atom. The number of hydrogen-bond acceptors (Lipinski definition) is 5. The van der Waals surface area contributed by atoms with Crippen LogP contribution < -0.4 is 0 Å². The van der Waals surface area contributed by atoms with Gasteiger partial charge in [0.2, 0.25) is 5.16 Å². The van der Waals surface area contributed by atoms with Crippen LogP contribution in [0.1, 0.15) is 11.7 Å². The maximum Gasteiger partial charge on any atom is 0.209 e. The van der Waals surface area contributed by atoms with Gasteiger partial charge in [-0.15, -0.1) is 5.10 Å². The molecule has 0 bridgehead atoms. The standard InChI is InChI=1S/C10H10F2N4OS/c1-16-10(13-14-15-16)18-5-9(17)6-2-3-7(11)8(12)4-6/h2-4,9,17H,5H2,1H3. The summed E-state index contributed by atoms with van der Waals surface area (Å²) in [7, 11) is 1.67. The van der Waals surface area contributed by atoms with Gasteiger partial charge in [-0.1, -0.05) is 17.8 Å². The maximum atomic E-state index is 13.0. The first-order chi connectivity index (χ1) is 8.58. The summed E-state index contributed by atoms with van der Waals surface area (Å²) in [6.45, 7) is 0. The van der Waals surface area contributed by atoms with Crippen LogP contribution in [0.3, 0.4) is 0 Å². The number of aliphatic hydroxyl groups is 1. The van der Waals surface area contributed by atoms with Crippen LogP contribution in [0.5, 0.6) is 0 Å². The molecule has 1 heterocycles. The number of benzene rings is 1. The lowest BCUT2D eigenvalue weighted by atomic mass is 10.1. The fourth-order valence-electron chi connectivity index (χ4n) is 1.31. The van der Waals surface area contributed by atoms with E-state index in [9.17, 15) is 13.9 Å². The van der Waals surface area contributed by atoms with Gasteiger partial charge in [0.1, 0.15) is 0 Å². The predicted molar refractivity (Wildman–Crippen MR) is 60.8 cm³/mol. The minimum atomic E-state index is -0.975. The van der Waals surface area contributed by atoms with Gasteiger partial charge in [-0.25, -0.2) is 13.5 Å². The van der Waals surface area contributed by atoms with Crippen LogP contribution in [0.15, 0.2) is 23.4 Å². The highest BCUT2D eigenvalue weighted by Gasteiger charge is 2.13. The first-order valence-electron chi connectivity index (χ1n) is 5.06. The number of thioether (sulfide) groups is 1. The summed E-state index contributed by atoms with van der Waals surface area (Å²) in [6, 6.07) is 3.32. The number of hydrogen-bond donors (Lipinski definition) is 1. The lowest BCUT2D eigenvalue weighted by Gasteiger charge is -2.10. The molecular formula is C10H10F2N4OS. The average Bonchev–Trinajstić information content (AvgIpc) is 2.75. The SMILES string of the molecule is Cn1nnnc1SCC(O)c1ccc(F)c(F)c1. The van der Waals surface area contributed by atoms with Gasteiger partial charge in [-0.2, -0.15) is 0 Å². The molecule has 1 atom stereocenters. The number of aryl methyl sites for hydroxylation is 1.